The van der Waals surface area contributed by atoms with E-state index in [1.165, 1.54) is 29.7 Å². The van der Waals surface area contributed by atoms with Crippen LogP contribution in [0, 0.1) is 5.92 Å². The van der Waals surface area contributed by atoms with Gasteiger partial charge in [0.25, 0.3) is 0 Å². The maximum Gasteiger partial charge on any atom is 0.416 e. The summed E-state index contributed by atoms with van der Waals surface area (Å²) in [4.78, 5) is 0. The van der Waals surface area contributed by atoms with Crippen molar-refractivity contribution in [1.82, 2.24) is 25.5 Å². The van der Waals surface area contributed by atoms with Crippen molar-refractivity contribution in [3.8, 4) is 5.69 Å². The van der Waals surface area contributed by atoms with Crippen LogP contribution in [0.25, 0.3) is 5.69 Å². The smallest absolute Gasteiger partial charge is 0.383 e. The molecule has 0 saturated heterocycles. The zero-order valence-electron chi connectivity index (χ0n) is 13.1. The Labute approximate surface area is 137 Å². The third kappa shape index (κ3) is 3.90. The molecule has 3 rings (SSSR count). The third-order valence-electron chi connectivity index (χ3n) is 4.03. The van der Waals surface area contributed by atoms with E-state index in [-0.39, 0.29) is 6.04 Å². The number of halogens is 3. The highest BCUT2D eigenvalue weighted by molar-refractivity contribution is 5.35. The average molecular weight is 341 g/mol. The van der Waals surface area contributed by atoms with Crippen LogP contribution in [-0.4, -0.2) is 40.0 Å². The molecule has 6 nitrogen and oxygen atoms in total. The minimum Gasteiger partial charge on any atom is -0.383 e. The van der Waals surface area contributed by atoms with Crippen molar-refractivity contribution in [3.05, 3.63) is 35.7 Å². The molecule has 0 spiro atoms. The van der Waals surface area contributed by atoms with Gasteiger partial charge in [0.1, 0.15) is 0 Å². The summed E-state index contributed by atoms with van der Waals surface area (Å²) >= 11 is 0. The molecule has 1 fully saturated rings. The van der Waals surface area contributed by atoms with Gasteiger partial charge >= 0.3 is 6.18 Å². The number of benzene rings is 1. The van der Waals surface area contributed by atoms with Crippen LogP contribution in [0.1, 0.15) is 24.2 Å². The maximum atomic E-state index is 12.6. The molecule has 9 heteroatoms. The molecule has 1 N–H and O–H groups in total. The van der Waals surface area contributed by atoms with E-state index in [1.807, 2.05) is 0 Å². The molecule has 1 aliphatic carbocycles. The number of methoxy groups -OCH3 is 1. The molecule has 0 amide bonds. The Hall–Kier alpha value is -2.00. The number of alkyl halides is 3. The summed E-state index contributed by atoms with van der Waals surface area (Å²) in [7, 11) is 1.66. The van der Waals surface area contributed by atoms with E-state index < -0.39 is 11.7 Å². The van der Waals surface area contributed by atoms with Gasteiger partial charge in [0.05, 0.1) is 24.4 Å². The lowest BCUT2D eigenvalue weighted by molar-refractivity contribution is -0.137. The molecule has 1 aliphatic rings. The van der Waals surface area contributed by atoms with Gasteiger partial charge in [-0.15, -0.1) is 5.10 Å². The Bertz CT molecular complexity index is 666. The zero-order valence-corrected chi connectivity index (χ0v) is 13.1. The molecule has 130 valence electrons. The molecule has 1 atom stereocenters. The first kappa shape index (κ1) is 16.8. The summed E-state index contributed by atoms with van der Waals surface area (Å²) in [5.41, 5.74) is -0.215. The van der Waals surface area contributed by atoms with Crippen molar-refractivity contribution in [3.63, 3.8) is 0 Å². The minimum absolute atomic E-state index is 0.229. The molecule has 1 saturated carbocycles. The number of hydrogen-bond donors (Lipinski definition) is 1. The zero-order chi connectivity index (χ0) is 17.2. The second-order valence-corrected chi connectivity index (χ2v) is 5.83. The van der Waals surface area contributed by atoms with E-state index in [1.54, 1.807) is 7.11 Å². The fraction of sp³-hybridized carbons (Fsp3) is 0.533. The van der Waals surface area contributed by atoms with Crippen LogP contribution >= 0.6 is 0 Å². The molecule has 0 radical (unpaired) electrons. The van der Waals surface area contributed by atoms with Crippen molar-refractivity contribution in [2.45, 2.75) is 31.6 Å². The fourth-order valence-electron chi connectivity index (χ4n) is 2.57. The van der Waals surface area contributed by atoms with E-state index in [2.05, 4.69) is 20.8 Å². The predicted molar refractivity (Wildman–Crippen MR) is 79.4 cm³/mol. The Morgan fingerprint density at radius 3 is 2.58 bits per heavy atom. The van der Waals surface area contributed by atoms with Gasteiger partial charge in [0.2, 0.25) is 0 Å². The molecule has 0 bridgehead atoms. The topological polar surface area (TPSA) is 64.9 Å². The number of hydrogen-bond acceptors (Lipinski definition) is 5. The van der Waals surface area contributed by atoms with Gasteiger partial charge in [-0.05, 0) is 53.5 Å². The summed E-state index contributed by atoms with van der Waals surface area (Å²) in [5, 5.41) is 14.8. The van der Waals surface area contributed by atoms with Gasteiger partial charge in [-0.25, -0.2) is 0 Å². The minimum atomic E-state index is -4.36. The van der Waals surface area contributed by atoms with E-state index >= 15 is 0 Å². The number of rotatable bonds is 7. The highest BCUT2D eigenvalue weighted by Gasteiger charge is 2.31. The third-order valence-corrected chi connectivity index (χ3v) is 4.03. The molecule has 1 aromatic heterocycles. The molecule has 2 aromatic rings. The molecule has 1 unspecified atom stereocenters. The van der Waals surface area contributed by atoms with E-state index in [9.17, 15) is 13.2 Å². The monoisotopic (exact) mass is 341 g/mol. The SMILES string of the molecule is COCC(NCc1nnnn1-c1ccc(C(F)(F)F)cc1)C1CC1. The van der Waals surface area contributed by atoms with E-state index in [0.717, 1.165) is 12.1 Å². The van der Waals surface area contributed by atoms with Gasteiger partial charge < -0.3 is 10.1 Å². The summed E-state index contributed by atoms with van der Waals surface area (Å²) in [5.74, 6) is 1.14. The first-order valence-corrected chi connectivity index (χ1v) is 7.66. The summed E-state index contributed by atoms with van der Waals surface area (Å²) < 4.78 is 44.6. The summed E-state index contributed by atoms with van der Waals surface area (Å²) in [6.45, 7) is 1.02. The largest absolute Gasteiger partial charge is 0.416 e. The standard InChI is InChI=1S/C15H18F3N5O/c1-24-9-13(10-2-3-10)19-8-14-20-21-22-23(14)12-6-4-11(5-7-12)15(16,17)18/h4-7,10,13,19H,2-3,8-9H2,1H3. The van der Waals surface area contributed by atoms with E-state index in [4.69, 9.17) is 4.74 Å². The number of tetrazole rings is 1. The average Bonchev–Trinajstić information content (AvgIpc) is 3.29. The van der Waals surface area contributed by atoms with Gasteiger partial charge in [0.15, 0.2) is 5.82 Å². The van der Waals surface area contributed by atoms with Gasteiger partial charge in [-0.3, -0.25) is 0 Å². The highest BCUT2D eigenvalue weighted by atomic mass is 19.4. The normalized spacial score (nSPS) is 16.3. The first-order valence-electron chi connectivity index (χ1n) is 7.66. The summed E-state index contributed by atoms with van der Waals surface area (Å²) in [6, 6.07) is 4.98. The molecular formula is C15H18F3N5O. The number of nitrogens with one attached hydrogen (secondary N) is 1. The lowest BCUT2D eigenvalue weighted by Crippen LogP contribution is -2.35. The predicted octanol–water partition coefficient (Wildman–Crippen LogP) is 2.20. The maximum absolute atomic E-state index is 12.6. The van der Waals surface area contributed by atoms with Crippen LogP contribution in [0.5, 0.6) is 0 Å². The summed E-state index contributed by atoms with van der Waals surface area (Å²) in [6.07, 6.45) is -2.02. The van der Waals surface area contributed by atoms with Gasteiger partial charge in [-0.2, -0.15) is 17.9 Å². The lowest BCUT2D eigenvalue weighted by Gasteiger charge is -2.16. The lowest BCUT2D eigenvalue weighted by atomic mass is 10.2. The molecule has 24 heavy (non-hydrogen) atoms. The second-order valence-electron chi connectivity index (χ2n) is 5.83. The molecule has 1 aromatic carbocycles. The Morgan fingerprint density at radius 1 is 1.29 bits per heavy atom. The van der Waals surface area contributed by atoms with Crippen molar-refractivity contribution in [2.75, 3.05) is 13.7 Å². The molecule has 1 heterocycles. The van der Waals surface area contributed by atoms with Crippen LogP contribution in [-0.2, 0) is 17.5 Å². The van der Waals surface area contributed by atoms with Gasteiger partial charge in [-0.1, -0.05) is 0 Å². The van der Waals surface area contributed by atoms with E-state index in [0.29, 0.717) is 30.6 Å². The number of ether oxygens (including phenoxy) is 1. The Balaban J connectivity index is 1.70. The quantitative estimate of drug-likeness (QED) is 0.836. The van der Waals surface area contributed by atoms with Crippen molar-refractivity contribution in [2.24, 2.45) is 5.92 Å². The van der Waals surface area contributed by atoms with Crippen LogP contribution in [0.4, 0.5) is 13.2 Å². The second kappa shape index (κ2) is 6.86. The van der Waals surface area contributed by atoms with Crippen molar-refractivity contribution < 1.29 is 17.9 Å². The van der Waals surface area contributed by atoms with Gasteiger partial charge in [0, 0.05) is 13.2 Å². The van der Waals surface area contributed by atoms with Crippen LogP contribution < -0.4 is 5.32 Å². The Kier molecular flexibility index (Phi) is 4.81. The Morgan fingerprint density at radius 2 is 2.00 bits per heavy atom. The van der Waals surface area contributed by atoms with Crippen LogP contribution in [0.3, 0.4) is 0 Å². The first-order chi connectivity index (χ1) is 11.5. The van der Waals surface area contributed by atoms with Crippen molar-refractivity contribution in [1.29, 1.82) is 0 Å². The molecular weight excluding hydrogens is 323 g/mol. The van der Waals surface area contributed by atoms with Crippen molar-refractivity contribution >= 4 is 0 Å². The fourth-order valence-corrected chi connectivity index (χ4v) is 2.57. The van der Waals surface area contributed by atoms with Crippen LogP contribution in [0.2, 0.25) is 0 Å². The van der Waals surface area contributed by atoms with Crippen LogP contribution in [0.15, 0.2) is 24.3 Å². The number of aromatic nitrogens is 4. The highest BCUT2D eigenvalue weighted by Crippen LogP contribution is 2.33. The number of nitrogens with zero attached hydrogens (tertiary/aromatic N) is 4. The molecule has 0 aliphatic heterocycles.